The van der Waals surface area contributed by atoms with E-state index in [1.165, 1.54) is 6.92 Å². The number of aryl methyl sites for hydroxylation is 1. The van der Waals surface area contributed by atoms with Crippen LogP contribution in [0.15, 0.2) is 72.8 Å². The van der Waals surface area contributed by atoms with Crippen LogP contribution in [0.1, 0.15) is 47.7 Å². The van der Waals surface area contributed by atoms with Crippen LogP contribution in [0.2, 0.25) is 0 Å². The summed E-state index contributed by atoms with van der Waals surface area (Å²) in [5.74, 6) is 1.15. The largest absolute Gasteiger partial charge is 0.457 e. The minimum Gasteiger partial charge on any atom is -0.457 e. The molecule has 2 amide bonds. The standard InChI is InChI=1S/C25H24N2O3/c1-16-11-13-18(14-12-16)21(26-17(2)28)15-24(29)27-25-19-7-3-5-9-22(19)30-23-10-6-4-8-20(23)25/h3-14,21,25H,15H2,1-2H3,(H,26,28)(H,27,29). The Hall–Kier alpha value is -3.60. The van der Waals surface area contributed by atoms with Crippen molar-refractivity contribution in [3.63, 3.8) is 0 Å². The molecule has 1 atom stereocenters. The van der Waals surface area contributed by atoms with E-state index in [0.717, 1.165) is 33.8 Å². The van der Waals surface area contributed by atoms with Crippen LogP contribution < -0.4 is 15.4 Å². The third-order valence-corrected chi connectivity index (χ3v) is 5.23. The molecule has 1 aliphatic rings. The van der Waals surface area contributed by atoms with Crippen molar-refractivity contribution in [1.82, 2.24) is 10.6 Å². The summed E-state index contributed by atoms with van der Waals surface area (Å²) in [6.45, 7) is 3.47. The molecule has 0 fully saturated rings. The van der Waals surface area contributed by atoms with Crippen LogP contribution in [0.5, 0.6) is 11.5 Å². The zero-order valence-electron chi connectivity index (χ0n) is 17.0. The van der Waals surface area contributed by atoms with E-state index in [4.69, 9.17) is 4.74 Å². The van der Waals surface area contributed by atoms with Gasteiger partial charge in [-0.2, -0.15) is 0 Å². The first-order valence-electron chi connectivity index (χ1n) is 10.00. The highest BCUT2D eigenvalue weighted by Crippen LogP contribution is 2.42. The summed E-state index contributed by atoms with van der Waals surface area (Å²) in [7, 11) is 0. The van der Waals surface area contributed by atoms with Gasteiger partial charge in [-0.1, -0.05) is 66.2 Å². The van der Waals surface area contributed by atoms with Gasteiger partial charge < -0.3 is 15.4 Å². The number of carbonyl (C=O) groups excluding carboxylic acids is 2. The van der Waals surface area contributed by atoms with E-state index in [2.05, 4.69) is 10.6 Å². The van der Waals surface area contributed by atoms with Gasteiger partial charge in [-0.3, -0.25) is 9.59 Å². The summed E-state index contributed by atoms with van der Waals surface area (Å²) in [5.41, 5.74) is 3.85. The average Bonchev–Trinajstić information content (AvgIpc) is 2.73. The third-order valence-electron chi connectivity index (χ3n) is 5.23. The van der Waals surface area contributed by atoms with Crippen molar-refractivity contribution in [2.45, 2.75) is 32.4 Å². The molecule has 0 saturated carbocycles. The number of carbonyl (C=O) groups is 2. The normalized spacial score (nSPS) is 13.4. The molecule has 5 nitrogen and oxygen atoms in total. The molecule has 3 aromatic rings. The molecule has 5 heteroatoms. The topological polar surface area (TPSA) is 67.4 Å². The highest BCUT2D eigenvalue weighted by molar-refractivity contribution is 5.80. The van der Waals surface area contributed by atoms with Crippen LogP contribution in [0, 0.1) is 6.92 Å². The van der Waals surface area contributed by atoms with Gasteiger partial charge in [0.1, 0.15) is 11.5 Å². The highest BCUT2D eigenvalue weighted by atomic mass is 16.5. The summed E-state index contributed by atoms with van der Waals surface area (Å²) < 4.78 is 6.00. The number of hydrogen-bond acceptors (Lipinski definition) is 3. The molecule has 0 saturated heterocycles. The second-order valence-corrected chi connectivity index (χ2v) is 7.55. The summed E-state index contributed by atoms with van der Waals surface area (Å²) in [5, 5.41) is 6.04. The quantitative estimate of drug-likeness (QED) is 0.659. The van der Waals surface area contributed by atoms with Gasteiger partial charge in [-0.25, -0.2) is 0 Å². The lowest BCUT2D eigenvalue weighted by Gasteiger charge is -2.29. The molecule has 0 bridgehead atoms. The maximum absolute atomic E-state index is 13.1. The van der Waals surface area contributed by atoms with Crippen LogP contribution >= 0.6 is 0 Å². The summed E-state index contributed by atoms with van der Waals surface area (Å²) in [6, 6.07) is 22.6. The number of benzene rings is 3. The summed E-state index contributed by atoms with van der Waals surface area (Å²) in [6.07, 6.45) is 0.143. The van der Waals surface area contributed by atoms with Crippen LogP contribution in [0.25, 0.3) is 0 Å². The molecule has 3 aromatic carbocycles. The molecule has 2 N–H and O–H groups in total. The minimum atomic E-state index is -0.395. The van der Waals surface area contributed by atoms with Gasteiger partial charge in [0.2, 0.25) is 11.8 Å². The Balaban J connectivity index is 1.58. The fraction of sp³-hybridized carbons (Fsp3) is 0.200. The molecule has 4 rings (SSSR count). The van der Waals surface area contributed by atoms with Crippen molar-refractivity contribution in [2.24, 2.45) is 0 Å². The number of para-hydroxylation sites is 2. The molecule has 0 aliphatic carbocycles. The van der Waals surface area contributed by atoms with E-state index in [1.807, 2.05) is 79.7 Å². The first-order chi connectivity index (χ1) is 14.5. The van der Waals surface area contributed by atoms with Crippen molar-refractivity contribution in [2.75, 3.05) is 0 Å². The lowest BCUT2D eigenvalue weighted by Crippen LogP contribution is -2.35. The van der Waals surface area contributed by atoms with Gasteiger partial charge >= 0.3 is 0 Å². The van der Waals surface area contributed by atoms with Gasteiger partial charge in [0.05, 0.1) is 18.5 Å². The molecule has 30 heavy (non-hydrogen) atoms. The number of ether oxygens (including phenoxy) is 1. The van der Waals surface area contributed by atoms with Crippen LogP contribution in [-0.4, -0.2) is 11.8 Å². The molecular weight excluding hydrogens is 376 g/mol. The molecular formula is C25H24N2O3. The Bertz CT molecular complexity index is 1030. The molecule has 0 radical (unpaired) electrons. The first-order valence-corrected chi connectivity index (χ1v) is 10.00. The maximum Gasteiger partial charge on any atom is 0.223 e. The molecule has 1 heterocycles. The smallest absolute Gasteiger partial charge is 0.223 e. The molecule has 0 spiro atoms. The fourth-order valence-electron chi connectivity index (χ4n) is 3.77. The lowest BCUT2D eigenvalue weighted by atomic mass is 9.94. The Kier molecular flexibility index (Phi) is 5.53. The molecule has 1 unspecified atom stereocenters. The monoisotopic (exact) mass is 400 g/mol. The summed E-state index contributed by atoms with van der Waals surface area (Å²) >= 11 is 0. The Morgan fingerprint density at radius 1 is 0.900 bits per heavy atom. The second kappa shape index (κ2) is 8.41. The highest BCUT2D eigenvalue weighted by Gasteiger charge is 2.29. The Morgan fingerprint density at radius 3 is 2.03 bits per heavy atom. The van der Waals surface area contributed by atoms with Crippen LogP contribution in [0.3, 0.4) is 0 Å². The van der Waals surface area contributed by atoms with Crippen molar-refractivity contribution in [1.29, 1.82) is 0 Å². The second-order valence-electron chi connectivity index (χ2n) is 7.55. The Labute approximate surface area is 176 Å². The predicted molar refractivity (Wildman–Crippen MR) is 115 cm³/mol. The zero-order chi connectivity index (χ0) is 21.1. The number of amides is 2. The SMILES string of the molecule is CC(=O)NC(CC(=O)NC1c2ccccc2Oc2ccccc21)c1ccc(C)cc1. The van der Waals surface area contributed by atoms with E-state index in [-0.39, 0.29) is 24.3 Å². The number of rotatable bonds is 5. The Morgan fingerprint density at radius 2 is 1.47 bits per heavy atom. The van der Waals surface area contributed by atoms with Gasteiger partial charge in [-0.15, -0.1) is 0 Å². The number of nitrogens with one attached hydrogen (secondary N) is 2. The molecule has 0 aromatic heterocycles. The van der Waals surface area contributed by atoms with Crippen molar-refractivity contribution in [3.8, 4) is 11.5 Å². The van der Waals surface area contributed by atoms with Gasteiger partial charge in [-0.05, 0) is 24.6 Å². The van der Waals surface area contributed by atoms with Gasteiger partial charge in [0.15, 0.2) is 0 Å². The molecule has 1 aliphatic heterocycles. The maximum atomic E-state index is 13.1. The fourth-order valence-corrected chi connectivity index (χ4v) is 3.77. The molecule has 152 valence electrons. The van der Waals surface area contributed by atoms with Crippen molar-refractivity contribution >= 4 is 11.8 Å². The van der Waals surface area contributed by atoms with Crippen LogP contribution in [-0.2, 0) is 9.59 Å². The van der Waals surface area contributed by atoms with Gasteiger partial charge in [0, 0.05) is 18.1 Å². The minimum absolute atomic E-state index is 0.143. The third kappa shape index (κ3) is 4.20. The van der Waals surface area contributed by atoms with Crippen molar-refractivity contribution in [3.05, 3.63) is 95.1 Å². The predicted octanol–water partition coefficient (Wildman–Crippen LogP) is 4.57. The van der Waals surface area contributed by atoms with Crippen molar-refractivity contribution < 1.29 is 14.3 Å². The van der Waals surface area contributed by atoms with E-state index >= 15 is 0 Å². The zero-order valence-corrected chi connectivity index (χ0v) is 17.0. The van der Waals surface area contributed by atoms with E-state index in [9.17, 15) is 9.59 Å². The number of hydrogen-bond donors (Lipinski definition) is 2. The van der Waals surface area contributed by atoms with Gasteiger partial charge in [0.25, 0.3) is 0 Å². The summed E-state index contributed by atoms with van der Waals surface area (Å²) in [4.78, 5) is 24.8. The van der Waals surface area contributed by atoms with E-state index in [1.54, 1.807) is 0 Å². The van der Waals surface area contributed by atoms with E-state index in [0.29, 0.717) is 0 Å². The number of fused-ring (bicyclic) bond motifs is 2. The lowest BCUT2D eigenvalue weighted by molar-refractivity contribution is -0.123. The first kappa shape index (κ1) is 19.7. The average molecular weight is 400 g/mol. The van der Waals surface area contributed by atoms with Crippen LogP contribution in [0.4, 0.5) is 0 Å². The van der Waals surface area contributed by atoms with E-state index < -0.39 is 6.04 Å².